The van der Waals surface area contributed by atoms with Gasteiger partial charge in [-0.2, -0.15) is 0 Å². The molecule has 2 N–H and O–H groups in total. The number of hydrogen-bond acceptors (Lipinski definition) is 4. The normalized spacial score (nSPS) is 16.4. The minimum atomic E-state index is 0.609. The van der Waals surface area contributed by atoms with Gasteiger partial charge in [-0.15, -0.1) is 0 Å². The van der Waals surface area contributed by atoms with Crippen molar-refractivity contribution in [3.63, 3.8) is 0 Å². The molecule has 0 aliphatic carbocycles. The Labute approximate surface area is 158 Å². The molecule has 0 radical (unpaired) electrons. The number of ether oxygens (including phenoxy) is 2. The molecule has 1 aliphatic rings. The summed E-state index contributed by atoms with van der Waals surface area (Å²) in [5.74, 6) is 2.99. The molecule has 26 heavy (non-hydrogen) atoms. The first kappa shape index (κ1) is 20.4. The Hall–Kier alpha value is -1.95. The zero-order valence-electron chi connectivity index (χ0n) is 16.7. The van der Waals surface area contributed by atoms with E-state index in [2.05, 4.69) is 33.5 Å². The summed E-state index contributed by atoms with van der Waals surface area (Å²) in [6.07, 6.45) is 3.59. The third-order valence-electron chi connectivity index (χ3n) is 4.76. The molecule has 0 bridgehead atoms. The van der Waals surface area contributed by atoms with Gasteiger partial charge < -0.3 is 25.0 Å². The van der Waals surface area contributed by atoms with Gasteiger partial charge in [0.05, 0.1) is 14.2 Å². The summed E-state index contributed by atoms with van der Waals surface area (Å²) >= 11 is 0. The molecule has 146 valence electrons. The van der Waals surface area contributed by atoms with Crippen molar-refractivity contribution in [2.75, 3.05) is 54.0 Å². The lowest BCUT2D eigenvalue weighted by molar-refractivity contribution is 0.287. The van der Waals surface area contributed by atoms with Crippen LogP contribution in [0.3, 0.4) is 0 Å². The fourth-order valence-corrected chi connectivity index (χ4v) is 3.32. The molecule has 1 unspecified atom stereocenters. The molecule has 6 nitrogen and oxygen atoms in total. The van der Waals surface area contributed by atoms with Gasteiger partial charge in [0, 0.05) is 26.7 Å². The van der Waals surface area contributed by atoms with E-state index in [0.717, 1.165) is 43.5 Å². The second kappa shape index (κ2) is 10.9. The lowest BCUT2D eigenvalue weighted by Crippen LogP contribution is -2.42. The van der Waals surface area contributed by atoms with Crippen LogP contribution in [-0.2, 0) is 6.42 Å². The molecular formula is C20H34N4O2. The smallest absolute Gasteiger partial charge is 0.190 e. The molecule has 6 heteroatoms. The third-order valence-corrected chi connectivity index (χ3v) is 4.76. The first-order valence-electron chi connectivity index (χ1n) is 9.54. The summed E-state index contributed by atoms with van der Waals surface area (Å²) in [6, 6.07) is 6.04. The van der Waals surface area contributed by atoms with Crippen molar-refractivity contribution in [2.24, 2.45) is 10.9 Å². The Balaban J connectivity index is 1.71. The molecule has 0 amide bonds. The van der Waals surface area contributed by atoms with Crippen LogP contribution in [0.4, 0.5) is 0 Å². The van der Waals surface area contributed by atoms with E-state index >= 15 is 0 Å². The van der Waals surface area contributed by atoms with Crippen molar-refractivity contribution >= 4 is 5.96 Å². The summed E-state index contributed by atoms with van der Waals surface area (Å²) in [4.78, 5) is 6.88. The minimum Gasteiger partial charge on any atom is -0.493 e. The maximum Gasteiger partial charge on any atom is 0.190 e. The summed E-state index contributed by atoms with van der Waals surface area (Å²) < 4.78 is 10.6. The summed E-state index contributed by atoms with van der Waals surface area (Å²) in [5, 5.41) is 6.82. The topological polar surface area (TPSA) is 58.1 Å². The Kier molecular flexibility index (Phi) is 8.54. The molecular weight excluding hydrogens is 328 g/mol. The van der Waals surface area contributed by atoms with E-state index < -0.39 is 0 Å². The SMILES string of the molecule is CN=C(NCCc1ccc(OC)c(OC)c1)NCC(C)CN1CCCC1. The van der Waals surface area contributed by atoms with Crippen molar-refractivity contribution in [3.05, 3.63) is 23.8 Å². The van der Waals surface area contributed by atoms with Crippen LogP contribution in [0, 0.1) is 5.92 Å². The van der Waals surface area contributed by atoms with Crippen LogP contribution in [0.1, 0.15) is 25.3 Å². The average molecular weight is 363 g/mol. The quantitative estimate of drug-likeness (QED) is 0.521. The van der Waals surface area contributed by atoms with Gasteiger partial charge in [0.1, 0.15) is 0 Å². The second-order valence-corrected chi connectivity index (χ2v) is 6.93. The molecule has 1 fully saturated rings. The summed E-state index contributed by atoms with van der Waals surface area (Å²) in [5.41, 5.74) is 1.20. The molecule has 1 atom stereocenters. The molecule has 1 aliphatic heterocycles. The van der Waals surface area contributed by atoms with Gasteiger partial charge >= 0.3 is 0 Å². The highest BCUT2D eigenvalue weighted by Gasteiger charge is 2.14. The van der Waals surface area contributed by atoms with E-state index in [1.807, 2.05) is 19.2 Å². The predicted molar refractivity (Wildman–Crippen MR) is 107 cm³/mol. The van der Waals surface area contributed by atoms with Gasteiger partial charge in [0.2, 0.25) is 0 Å². The van der Waals surface area contributed by atoms with E-state index in [-0.39, 0.29) is 0 Å². The fraction of sp³-hybridized carbons (Fsp3) is 0.650. The van der Waals surface area contributed by atoms with Crippen molar-refractivity contribution in [1.82, 2.24) is 15.5 Å². The van der Waals surface area contributed by atoms with Gasteiger partial charge in [-0.1, -0.05) is 13.0 Å². The van der Waals surface area contributed by atoms with E-state index in [9.17, 15) is 0 Å². The van der Waals surface area contributed by atoms with Gasteiger partial charge in [-0.05, 0) is 56.0 Å². The van der Waals surface area contributed by atoms with Crippen LogP contribution in [0.2, 0.25) is 0 Å². The first-order chi connectivity index (χ1) is 12.7. The van der Waals surface area contributed by atoms with Gasteiger partial charge in [0.15, 0.2) is 17.5 Å². The molecule has 1 heterocycles. The number of aliphatic imine (C=N–C) groups is 1. The van der Waals surface area contributed by atoms with Crippen LogP contribution < -0.4 is 20.1 Å². The van der Waals surface area contributed by atoms with Crippen molar-refractivity contribution < 1.29 is 9.47 Å². The molecule has 0 aromatic heterocycles. The number of methoxy groups -OCH3 is 2. The molecule has 1 aromatic rings. The molecule has 1 aromatic carbocycles. The van der Waals surface area contributed by atoms with Crippen molar-refractivity contribution in [3.8, 4) is 11.5 Å². The van der Waals surface area contributed by atoms with Crippen LogP contribution >= 0.6 is 0 Å². The lowest BCUT2D eigenvalue weighted by atomic mass is 10.1. The van der Waals surface area contributed by atoms with Gasteiger partial charge in [-0.3, -0.25) is 4.99 Å². The average Bonchev–Trinajstić information content (AvgIpc) is 3.17. The maximum atomic E-state index is 5.36. The Morgan fingerprint density at radius 3 is 2.54 bits per heavy atom. The molecule has 0 spiro atoms. The van der Waals surface area contributed by atoms with Gasteiger partial charge in [0.25, 0.3) is 0 Å². The highest BCUT2D eigenvalue weighted by molar-refractivity contribution is 5.79. The fourth-order valence-electron chi connectivity index (χ4n) is 3.32. The monoisotopic (exact) mass is 362 g/mol. The molecule has 1 saturated heterocycles. The Morgan fingerprint density at radius 2 is 1.88 bits per heavy atom. The Bertz CT molecular complexity index is 571. The Morgan fingerprint density at radius 1 is 1.15 bits per heavy atom. The number of likely N-dealkylation sites (tertiary alicyclic amines) is 1. The molecule has 2 rings (SSSR count). The van der Waals surface area contributed by atoms with Crippen molar-refractivity contribution in [1.29, 1.82) is 0 Å². The summed E-state index contributed by atoms with van der Waals surface area (Å²) in [6.45, 7) is 7.71. The van der Waals surface area contributed by atoms with Crippen LogP contribution in [0.25, 0.3) is 0 Å². The highest BCUT2D eigenvalue weighted by atomic mass is 16.5. The van der Waals surface area contributed by atoms with E-state index in [1.54, 1.807) is 14.2 Å². The number of guanidine groups is 1. The van der Waals surface area contributed by atoms with Gasteiger partial charge in [-0.25, -0.2) is 0 Å². The van der Waals surface area contributed by atoms with Crippen molar-refractivity contribution in [2.45, 2.75) is 26.2 Å². The lowest BCUT2D eigenvalue weighted by Gasteiger charge is -2.21. The number of hydrogen-bond donors (Lipinski definition) is 2. The minimum absolute atomic E-state index is 0.609. The highest BCUT2D eigenvalue weighted by Crippen LogP contribution is 2.27. The van der Waals surface area contributed by atoms with E-state index in [4.69, 9.17) is 9.47 Å². The van der Waals surface area contributed by atoms with Crippen LogP contribution in [-0.4, -0.2) is 64.9 Å². The summed E-state index contributed by atoms with van der Waals surface area (Å²) in [7, 11) is 5.13. The third kappa shape index (κ3) is 6.41. The number of nitrogens with one attached hydrogen (secondary N) is 2. The zero-order chi connectivity index (χ0) is 18.8. The second-order valence-electron chi connectivity index (χ2n) is 6.93. The largest absolute Gasteiger partial charge is 0.493 e. The predicted octanol–water partition coefficient (Wildman–Crippen LogP) is 2.14. The van der Waals surface area contributed by atoms with Crippen LogP contribution in [0.15, 0.2) is 23.2 Å². The number of rotatable bonds is 9. The van der Waals surface area contributed by atoms with Crippen LogP contribution in [0.5, 0.6) is 11.5 Å². The molecule has 0 saturated carbocycles. The van der Waals surface area contributed by atoms with E-state index in [1.165, 1.54) is 31.5 Å². The number of nitrogens with zero attached hydrogens (tertiary/aromatic N) is 2. The first-order valence-corrected chi connectivity index (χ1v) is 9.54. The standard InChI is InChI=1S/C20H34N4O2/c1-16(15-24-11-5-6-12-24)14-23-20(21-2)22-10-9-17-7-8-18(25-3)19(13-17)26-4/h7-8,13,16H,5-6,9-12,14-15H2,1-4H3,(H2,21,22,23). The zero-order valence-corrected chi connectivity index (χ0v) is 16.7. The number of benzene rings is 1. The maximum absolute atomic E-state index is 5.36. The van der Waals surface area contributed by atoms with E-state index in [0.29, 0.717) is 5.92 Å².